The number of halogens is 1. The van der Waals surface area contributed by atoms with Gasteiger partial charge < -0.3 is 4.74 Å². The zero-order valence-corrected chi connectivity index (χ0v) is 10.5. The SMILES string of the molecule is COC(C)(C)c1ccc(S(=O)(=O)Cl)s1. The number of thiophene rings is 1. The van der Waals surface area contributed by atoms with Crippen LogP contribution in [0, 0.1) is 0 Å². The minimum atomic E-state index is -3.62. The predicted molar refractivity (Wildman–Crippen MR) is 57.4 cm³/mol. The van der Waals surface area contributed by atoms with Gasteiger partial charge in [0, 0.05) is 22.7 Å². The maximum absolute atomic E-state index is 11.0. The van der Waals surface area contributed by atoms with Crippen molar-refractivity contribution in [2.24, 2.45) is 0 Å². The molecular formula is C8H11ClO3S2. The number of hydrogen-bond acceptors (Lipinski definition) is 4. The average Bonchev–Trinajstić information content (AvgIpc) is 2.51. The molecule has 1 aromatic heterocycles. The maximum atomic E-state index is 11.0. The summed E-state index contributed by atoms with van der Waals surface area (Å²) in [7, 11) is 3.17. The highest BCUT2D eigenvalue weighted by molar-refractivity contribution is 8.15. The molecule has 1 heterocycles. The van der Waals surface area contributed by atoms with Gasteiger partial charge in [0.2, 0.25) is 0 Å². The summed E-state index contributed by atoms with van der Waals surface area (Å²) in [5.74, 6) is 0. The normalized spacial score (nSPS) is 13.1. The fourth-order valence-corrected chi connectivity index (χ4v) is 3.03. The Bertz CT molecular complexity index is 420. The lowest BCUT2D eigenvalue weighted by Gasteiger charge is -2.20. The molecule has 0 fully saturated rings. The van der Waals surface area contributed by atoms with Gasteiger partial charge in [-0.3, -0.25) is 0 Å². The molecule has 14 heavy (non-hydrogen) atoms. The molecule has 1 aromatic rings. The van der Waals surface area contributed by atoms with E-state index in [1.807, 2.05) is 13.8 Å². The topological polar surface area (TPSA) is 43.4 Å². The van der Waals surface area contributed by atoms with Crippen LogP contribution in [0.15, 0.2) is 16.3 Å². The second-order valence-corrected chi connectivity index (χ2v) is 7.15. The second-order valence-electron chi connectivity index (χ2n) is 3.27. The summed E-state index contributed by atoms with van der Waals surface area (Å²) in [6.07, 6.45) is 0. The molecule has 1 rings (SSSR count). The van der Waals surface area contributed by atoms with Gasteiger partial charge >= 0.3 is 0 Å². The molecule has 0 aliphatic rings. The Morgan fingerprint density at radius 3 is 2.36 bits per heavy atom. The highest BCUT2D eigenvalue weighted by Crippen LogP contribution is 2.33. The minimum Gasteiger partial charge on any atom is -0.373 e. The first-order valence-electron chi connectivity index (χ1n) is 3.87. The third-order valence-electron chi connectivity index (χ3n) is 1.93. The van der Waals surface area contributed by atoms with E-state index in [1.165, 1.54) is 6.07 Å². The van der Waals surface area contributed by atoms with Crippen molar-refractivity contribution < 1.29 is 13.2 Å². The Balaban J connectivity index is 3.13. The maximum Gasteiger partial charge on any atom is 0.270 e. The molecule has 0 aliphatic heterocycles. The number of rotatable bonds is 3. The molecule has 0 saturated carbocycles. The highest BCUT2D eigenvalue weighted by atomic mass is 35.7. The zero-order chi connectivity index (χ0) is 11.0. The third-order valence-corrected chi connectivity index (χ3v) is 5.41. The summed E-state index contributed by atoms with van der Waals surface area (Å²) >= 11 is 1.13. The molecule has 0 bridgehead atoms. The highest BCUT2D eigenvalue weighted by Gasteiger charge is 2.24. The molecule has 0 aliphatic carbocycles. The van der Waals surface area contributed by atoms with Crippen molar-refractivity contribution in [1.29, 1.82) is 0 Å². The van der Waals surface area contributed by atoms with Crippen molar-refractivity contribution >= 4 is 31.1 Å². The van der Waals surface area contributed by atoms with E-state index in [-0.39, 0.29) is 4.21 Å². The molecule has 0 N–H and O–H groups in total. The Morgan fingerprint density at radius 1 is 1.43 bits per heavy atom. The largest absolute Gasteiger partial charge is 0.373 e. The van der Waals surface area contributed by atoms with Crippen molar-refractivity contribution in [3.8, 4) is 0 Å². The lowest BCUT2D eigenvalue weighted by molar-refractivity contribution is 0.0224. The van der Waals surface area contributed by atoms with Crippen LogP contribution < -0.4 is 0 Å². The summed E-state index contributed by atoms with van der Waals surface area (Å²) in [5, 5.41) is 0. The average molecular weight is 255 g/mol. The molecular weight excluding hydrogens is 244 g/mol. The Labute approximate surface area is 92.1 Å². The van der Waals surface area contributed by atoms with E-state index >= 15 is 0 Å². The number of methoxy groups -OCH3 is 1. The van der Waals surface area contributed by atoms with Gasteiger partial charge in [-0.15, -0.1) is 11.3 Å². The van der Waals surface area contributed by atoms with Crippen LogP contribution in [-0.4, -0.2) is 15.5 Å². The fourth-order valence-electron chi connectivity index (χ4n) is 0.875. The van der Waals surface area contributed by atoms with Crippen LogP contribution in [0.3, 0.4) is 0 Å². The van der Waals surface area contributed by atoms with Gasteiger partial charge in [-0.05, 0) is 26.0 Å². The summed E-state index contributed by atoms with van der Waals surface area (Å²) in [4.78, 5) is 0.833. The van der Waals surface area contributed by atoms with E-state index in [0.717, 1.165) is 16.2 Å². The molecule has 80 valence electrons. The molecule has 0 radical (unpaired) electrons. The van der Waals surface area contributed by atoms with Crippen LogP contribution >= 0.6 is 22.0 Å². The minimum absolute atomic E-state index is 0.152. The summed E-state index contributed by atoms with van der Waals surface area (Å²) < 4.78 is 27.4. The predicted octanol–water partition coefficient (Wildman–Crippen LogP) is 2.56. The summed E-state index contributed by atoms with van der Waals surface area (Å²) in [6.45, 7) is 3.73. The molecule has 6 heteroatoms. The molecule has 0 aromatic carbocycles. The van der Waals surface area contributed by atoms with Crippen LogP contribution in [-0.2, 0) is 19.4 Å². The van der Waals surface area contributed by atoms with Crippen LogP contribution in [0.1, 0.15) is 18.7 Å². The second kappa shape index (κ2) is 3.81. The number of hydrogen-bond donors (Lipinski definition) is 0. The van der Waals surface area contributed by atoms with E-state index in [4.69, 9.17) is 15.4 Å². The summed E-state index contributed by atoms with van der Waals surface area (Å²) in [6, 6.07) is 3.20. The van der Waals surface area contributed by atoms with E-state index < -0.39 is 14.7 Å². The first-order chi connectivity index (χ1) is 6.27. The Morgan fingerprint density at radius 2 is 2.00 bits per heavy atom. The van der Waals surface area contributed by atoms with Gasteiger partial charge in [-0.2, -0.15) is 0 Å². The quantitative estimate of drug-likeness (QED) is 0.779. The summed E-state index contributed by atoms with van der Waals surface area (Å²) in [5.41, 5.74) is -0.482. The van der Waals surface area contributed by atoms with Crippen molar-refractivity contribution in [3.05, 3.63) is 17.0 Å². The Hall–Kier alpha value is -0.100. The van der Waals surface area contributed by atoms with E-state index in [1.54, 1.807) is 13.2 Å². The van der Waals surface area contributed by atoms with E-state index in [9.17, 15) is 8.42 Å². The standard InChI is InChI=1S/C8H11ClO3S2/c1-8(2,12-3)6-4-5-7(13-6)14(9,10)11/h4-5H,1-3H3. The smallest absolute Gasteiger partial charge is 0.270 e. The molecule has 0 amide bonds. The van der Waals surface area contributed by atoms with Crippen molar-refractivity contribution in [2.45, 2.75) is 23.7 Å². The van der Waals surface area contributed by atoms with Gasteiger partial charge in [-0.1, -0.05) is 0 Å². The molecule has 0 saturated heterocycles. The van der Waals surface area contributed by atoms with Gasteiger partial charge in [0.1, 0.15) is 4.21 Å². The monoisotopic (exact) mass is 254 g/mol. The van der Waals surface area contributed by atoms with Gasteiger partial charge in [0.05, 0.1) is 5.60 Å². The lowest BCUT2D eigenvalue weighted by atomic mass is 10.1. The fraction of sp³-hybridized carbons (Fsp3) is 0.500. The first-order valence-corrected chi connectivity index (χ1v) is 7.00. The van der Waals surface area contributed by atoms with Gasteiger partial charge in [-0.25, -0.2) is 8.42 Å². The van der Waals surface area contributed by atoms with Crippen molar-refractivity contribution in [2.75, 3.05) is 7.11 Å². The van der Waals surface area contributed by atoms with Crippen LogP contribution in [0.25, 0.3) is 0 Å². The van der Waals surface area contributed by atoms with Crippen LogP contribution in [0.2, 0.25) is 0 Å². The van der Waals surface area contributed by atoms with Crippen molar-refractivity contribution in [1.82, 2.24) is 0 Å². The van der Waals surface area contributed by atoms with Crippen LogP contribution in [0.5, 0.6) is 0 Å². The molecule has 0 atom stereocenters. The van der Waals surface area contributed by atoms with Gasteiger partial charge in [0.15, 0.2) is 0 Å². The molecule has 3 nitrogen and oxygen atoms in total. The van der Waals surface area contributed by atoms with Gasteiger partial charge in [0.25, 0.3) is 9.05 Å². The van der Waals surface area contributed by atoms with Crippen molar-refractivity contribution in [3.63, 3.8) is 0 Å². The van der Waals surface area contributed by atoms with Crippen LogP contribution in [0.4, 0.5) is 0 Å². The van der Waals surface area contributed by atoms with E-state index in [2.05, 4.69) is 0 Å². The zero-order valence-electron chi connectivity index (χ0n) is 8.07. The Kier molecular flexibility index (Phi) is 3.26. The first kappa shape index (κ1) is 12.0. The third kappa shape index (κ3) is 2.48. The van der Waals surface area contributed by atoms with E-state index in [0.29, 0.717) is 0 Å². The molecule has 0 spiro atoms. The number of ether oxygens (including phenoxy) is 1. The molecule has 0 unspecified atom stereocenters. The lowest BCUT2D eigenvalue weighted by Crippen LogP contribution is -2.17.